The summed E-state index contributed by atoms with van der Waals surface area (Å²) in [4.78, 5) is 49.9. The summed E-state index contributed by atoms with van der Waals surface area (Å²) in [6, 6.07) is 13.8. The zero-order valence-electron chi connectivity index (χ0n) is 20.8. The van der Waals surface area contributed by atoms with Crippen molar-refractivity contribution in [3.63, 3.8) is 0 Å². The summed E-state index contributed by atoms with van der Waals surface area (Å²) in [5.74, 6) is -0.967. The molecule has 2 aromatic heterocycles. The fourth-order valence-corrected chi connectivity index (χ4v) is 3.63. The van der Waals surface area contributed by atoms with Crippen molar-refractivity contribution in [2.75, 3.05) is 19.0 Å². The Morgan fingerprint density at radius 3 is 2.33 bits per heavy atom. The smallest absolute Gasteiger partial charge is 0.405 e. The fraction of sp³-hybridized carbons (Fsp3) is 0.192. The SMILES string of the molecule is CN(C)c1ncc(-c2ccc(CNC(=O)c3cc(=O)n(Cc4ccccc4)c(=O)[nH]3)c(OC(F)(F)F)c2)cn1. The van der Waals surface area contributed by atoms with Crippen LogP contribution in [-0.2, 0) is 13.1 Å². The minimum atomic E-state index is -4.99. The van der Waals surface area contributed by atoms with Crippen molar-refractivity contribution in [3.8, 4) is 16.9 Å². The van der Waals surface area contributed by atoms with Crippen LogP contribution in [-0.4, -0.2) is 45.9 Å². The highest BCUT2D eigenvalue weighted by Crippen LogP contribution is 2.31. The summed E-state index contributed by atoms with van der Waals surface area (Å²) in [6.45, 7) is -0.375. The van der Waals surface area contributed by atoms with Crippen LogP contribution in [0.25, 0.3) is 11.1 Å². The Balaban J connectivity index is 1.54. The van der Waals surface area contributed by atoms with Gasteiger partial charge in [0.25, 0.3) is 11.5 Å². The lowest BCUT2D eigenvalue weighted by Crippen LogP contribution is -2.38. The Morgan fingerprint density at radius 1 is 1.03 bits per heavy atom. The van der Waals surface area contributed by atoms with E-state index in [1.165, 1.54) is 24.5 Å². The van der Waals surface area contributed by atoms with E-state index in [4.69, 9.17) is 0 Å². The van der Waals surface area contributed by atoms with Gasteiger partial charge in [-0.05, 0) is 17.2 Å². The molecule has 10 nitrogen and oxygen atoms in total. The lowest BCUT2D eigenvalue weighted by Gasteiger charge is -2.16. The predicted octanol–water partition coefficient (Wildman–Crippen LogP) is 2.94. The summed E-state index contributed by atoms with van der Waals surface area (Å²) >= 11 is 0. The summed E-state index contributed by atoms with van der Waals surface area (Å²) < 4.78 is 44.5. The number of carbonyl (C=O) groups excluding carboxylic acids is 1. The number of benzene rings is 2. The first-order valence-electron chi connectivity index (χ1n) is 11.5. The number of nitrogens with one attached hydrogen (secondary N) is 2. The standard InChI is InChI=1S/C26H23F3N6O4/c1-34(2)24-31-13-19(14-32-24)17-8-9-18(21(10-17)39-26(27,28)29)12-30-23(37)20-11-22(36)35(25(38)33-20)15-16-6-4-3-5-7-16/h3-11,13-14H,12,15H2,1-2H3,(H,30,37)(H,33,38). The van der Waals surface area contributed by atoms with Crippen LogP contribution >= 0.6 is 0 Å². The fourth-order valence-electron chi connectivity index (χ4n) is 3.63. The van der Waals surface area contributed by atoms with Crippen molar-refractivity contribution in [2.24, 2.45) is 0 Å². The first-order chi connectivity index (χ1) is 18.5. The van der Waals surface area contributed by atoms with E-state index in [1.807, 2.05) is 0 Å². The topological polar surface area (TPSA) is 122 Å². The first kappa shape index (κ1) is 27.1. The van der Waals surface area contributed by atoms with Gasteiger partial charge in [-0.15, -0.1) is 13.2 Å². The molecule has 0 saturated carbocycles. The van der Waals surface area contributed by atoms with Crippen molar-refractivity contribution in [1.29, 1.82) is 0 Å². The van der Waals surface area contributed by atoms with Crippen molar-refractivity contribution in [1.82, 2.24) is 24.8 Å². The van der Waals surface area contributed by atoms with Gasteiger partial charge in [0, 0.05) is 50.2 Å². The number of amides is 1. The van der Waals surface area contributed by atoms with Gasteiger partial charge in [-0.25, -0.2) is 14.8 Å². The van der Waals surface area contributed by atoms with Gasteiger partial charge in [0.05, 0.1) is 6.54 Å². The van der Waals surface area contributed by atoms with Crippen LogP contribution in [0.2, 0.25) is 0 Å². The van der Waals surface area contributed by atoms with E-state index in [0.29, 0.717) is 22.6 Å². The van der Waals surface area contributed by atoms with E-state index < -0.39 is 29.3 Å². The number of nitrogens with zero attached hydrogens (tertiary/aromatic N) is 4. The number of rotatable bonds is 8. The molecule has 0 spiro atoms. The Kier molecular flexibility index (Phi) is 7.79. The first-order valence-corrected chi connectivity index (χ1v) is 11.5. The van der Waals surface area contributed by atoms with Gasteiger partial charge < -0.3 is 19.9 Å². The third kappa shape index (κ3) is 6.89. The second-order valence-corrected chi connectivity index (χ2v) is 8.62. The Morgan fingerprint density at radius 2 is 1.72 bits per heavy atom. The van der Waals surface area contributed by atoms with Crippen LogP contribution in [0.5, 0.6) is 5.75 Å². The number of anilines is 1. The largest absolute Gasteiger partial charge is 0.573 e. The van der Waals surface area contributed by atoms with Gasteiger partial charge in [-0.2, -0.15) is 0 Å². The van der Waals surface area contributed by atoms with Crippen LogP contribution in [0.4, 0.5) is 19.1 Å². The van der Waals surface area contributed by atoms with Crippen LogP contribution in [0.1, 0.15) is 21.6 Å². The van der Waals surface area contributed by atoms with E-state index in [9.17, 15) is 27.6 Å². The van der Waals surface area contributed by atoms with Crippen molar-refractivity contribution >= 4 is 11.9 Å². The minimum Gasteiger partial charge on any atom is -0.405 e. The number of carbonyl (C=O) groups is 1. The van der Waals surface area contributed by atoms with Crippen LogP contribution in [0.15, 0.2) is 76.6 Å². The van der Waals surface area contributed by atoms with Crippen LogP contribution in [0, 0.1) is 0 Å². The number of alkyl halides is 3. The number of hydrogen-bond donors (Lipinski definition) is 2. The van der Waals surface area contributed by atoms with Gasteiger partial charge in [0.2, 0.25) is 5.95 Å². The molecule has 0 aliphatic heterocycles. The number of hydrogen-bond acceptors (Lipinski definition) is 7. The van der Waals surface area contributed by atoms with Crippen molar-refractivity contribution in [3.05, 3.63) is 105 Å². The zero-order valence-corrected chi connectivity index (χ0v) is 20.8. The molecule has 39 heavy (non-hydrogen) atoms. The molecule has 0 aliphatic rings. The zero-order chi connectivity index (χ0) is 28.2. The number of H-pyrrole nitrogens is 1. The van der Waals surface area contributed by atoms with Gasteiger partial charge in [0.15, 0.2) is 0 Å². The average molecular weight is 541 g/mol. The predicted molar refractivity (Wildman–Crippen MR) is 137 cm³/mol. The lowest BCUT2D eigenvalue weighted by molar-refractivity contribution is -0.274. The number of aromatic nitrogens is 4. The molecule has 0 bridgehead atoms. The van der Waals surface area contributed by atoms with Gasteiger partial charge in [-0.3, -0.25) is 14.2 Å². The van der Waals surface area contributed by atoms with E-state index in [-0.39, 0.29) is 24.3 Å². The molecule has 13 heteroatoms. The molecule has 0 radical (unpaired) electrons. The normalized spacial score (nSPS) is 11.2. The summed E-state index contributed by atoms with van der Waals surface area (Å²) in [5.41, 5.74) is -0.302. The molecule has 2 aromatic carbocycles. The Labute approximate surface area is 219 Å². The molecule has 0 aliphatic carbocycles. The van der Waals surface area contributed by atoms with Crippen LogP contribution < -0.4 is 26.2 Å². The summed E-state index contributed by atoms with van der Waals surface area (Å²) in [5, 5.41) is 2.41. The summed E-state index contributed by atoms with van der Waals surface area (Å²) in [7, 11) is 3.50. The average Bonchev–Trinajstić information content (AvgIpc) is 2.89. The monoisotopic (exact) mass is 540 g/mol. The molecule has 202 valence electrons. The molecular weight excluding hydrogens is 517 g/mol. The highest BCUT2D eigenvalue weighted by Gasteiger charge is 2.32. The van der Waals surface area contributed by atoms with Gasteiger partial charge >= 0.3 is 12.1 Å². The maximum Gasteiger partial charge on any atom is 0.573 e. The maximum absolute atomic E-state index is 13.1. The molecular formula is C26H23F3N6O4. The minimum absolute atomic E-state index is 0.00427. The number of halogens is 3. The molecule has 4 rings (SSSR count). The van der Waals surface area contributed by atoms with E-state index >= 15 is 0 Å². The maximum atomic E-state index is 13.1. The van der Waals surface area contributed by atoms with Crippen molar-refractivity contribution in [2.45, 2.75) is 19.5 Å². The summed E-state index contributed by atoms with van der Waals surface area (Å²) in [6.07, 6.45) is -2.06. The number of ether oxygens (including phenoxy) is 1. The Hall–Kier alpha value is -4.94. The molecule has 4 aromatic rings. The highest BCUT2D eigenvalue weighted by atomic mass is 19.4. The molecule has 0 atom stereocenters. The highest BCUT2D eigenvalue weighted by molar-refractivity contribution is 5.92. The molecule has 2 heterocycles. The lowest BCUT2D eigenvalue weighted by atomic mass is 10.1. The number of aromatic amines is 1. The second-order valence-electron chi connectivity index (χ2n) is 8.62. The van der Waals surface area contributed by atoms with Crippen LogP contribution in [0.3, 0.4) is 0 Å². The van der Waals surface area contributed by atoms with E-state index in [1.54, 1.807) is 49.3 Å². The third-order valence-corrected chi connectivity index (χ3v) is 5.55. The molecule has 0 fully saturated rings. The van der Waals surface area contributed by atoms with Gasteiger partial charge in [0.1, 0.15) is 11.4 Å². The van der Waals surface area contributed by atoms with Crippen molar-refractivity contribution < 1.29 is 22.7 Å². The van der Waals surface area contributed by atoms with Gasteiger partial charge in [-0.1, -0.05) is 42.5 Å². The second kappa shape index (κ2) is 11.2. The molecule has 0 saturated heterocycles. The van der Waals surface area contributed by atoms with E-state index in [2.05, 4.69) is 25.0 Å². The Bertz CT molecular complexity index is 1550. The molecule has 0 unspecified atom stereocenters. The van der Waals surface area contributed by atoms with E-state index in [0.717, 1.165) is 16.7 Å². The molecule has 1 amide bonds. The molecule has 2 N–H and O–H groups in total. The quantitative estimate of drug-likeness (QED) is 0.352. The third-order valence-electron chi connectivity index (χ3n) is 5.55.